The van der Waals surface area contributed by atoms with Crippen molar-refractivity contribution in [1.29, 1.82) is 0 Å². The largest absolute Gasteiger partial charge is 0.366 e. The summed E-state index contributed by atoms with van der Waals surface area (Å²) in [5, 5.41) is 0. The molecule has 0 atom stereocenters. The summed E-state index contributed by atoms with van der Waals surface area (Å²) in [4.78, 5) is 10.8. The van der Waals surface area contributed by atoms with E-state index in [1.54, 1.807) is 0 Å². The summed E-state index contributed by atoms with van der Waals surface area (Å²) < 4.78 is 22.0. The minimum absolute atomic E-state index is 0. The Bertz CT molecular complexity index is 424. The Kier molecular flexibility index (Phi) is 4.09. The van der Waals surface area contributed by atoms with Crippen LogP contribution in [0.15, 0.2) is 29.2 Å². The van der Waals surface area contributed by atoms with Gasteiger partial charge in [0.1, 0.15) is 0 Å². The number of carbonyl (C=O) groups excluding carboxylic acids is 1. The number of primary amides is 1. The number of hydrogen-bond donors (Lipinski definition) is 1. The Morgan fingerprint density at radius 2 is 1.64 bits per heavy atom. The highest BCUT2D eigenvalue weighted by Crippen LogP contribution is 2.09. The van der Waals surface area contributed by atoms with Crippen LogP contribution in [-0.2, 0) is 9.84 Å². The van der Waals surface area contributed by atoms with Gasteiger partial charge >= 0.3 is 0 Å². The van der Waals surface area contributed by atoms with Crippen LogP contribution in [-0.4, -0.2) is 20.6 Å². The maximum Gasteiger partial charge on any atom is 0.248 e. The molecule has 0 saturated carbocycles. The Morgan fingerprint density at radius 3 is 1.93 bits per heavy atom. The molecule has 1 amide bonds. The second-order valence-electron chi connectivity index (χ2n) is 2.66. The van der Waals surface area contributed by atoms with Crippen LogP contribution in [0.5, 0.6) is 0 Å². The number of halogens is 1. The first kappa shape index (κ1) is 12.9. The van der Waals surface area contributed by atoms with Crippen molar-refractivity contribution in [1.82, 2.24) is 0 Å². The summed E-state index contributed by atoms with van der Waals surface area (Å²) in [5.41, 5.74) is 5.28. The van der Waals surface area contributed by atoms with E-state index in [4.69, 9.17) is 5.73 Å². The first-order valence-electron chi connectivity index (χ1n) is 3.51. The normalized spacial score (nSPS) is 10.4. The van der Waals surface area contributed by atoms with Crippen molar-refractivity contribution in [3.05, 3.63) is 29.8 Å². The van der Waals surface area contributed by atoms with Crippen molar-refractivity contribution >= 4 is 28.2 Å². The molecule has 78 valence electrons. The van der Waals surface area contributed by atoms with Gasteiger partial charge in [-0.25, -0.2) is 8.42 Å². The second-order valence-corrected chi connectivity index (χ2v) is 4.68. The first-order valence-corrected chi connectivity index (χ1v) is 5.40. The Hall–Kier alpha value is -1.07. The zero-order valence-corrected chi connectivity index (χ0v) is 9.06. The zero-order valence-electron chi connectivity index (χ0n) is 7.43. The van der Waals surface area contributed by atoms with Gasteiger partial charge in [-0.05, 0) is 24.3 Å². The van der Waals surface area contributed by atoms with Crippen LogP contribution < -0.4 is 5.73 Å². The predicted molar refractivity (Wildman–Crippen MR) is 55.3 cm³/mol. The summed E-state index contributed by atoms with van der Waals surface area (Å²) in [7, 11) is -3.20. The van der Waals surface area contributed by atoms with Crippen LogP contribution in [0.25, 0.3) is 0 Å². The molecule has 0 unspecified atom stereocenters. The molecule has 0 radical (unpaired) electrons. The highest BCUT2D eigenvalue weighted by molar-refractivity contribution is 7.90. The van der Waals surface area contributed by atoms with Gasteiger partial charge in [0.05, 0.1) is 4.90 Å². The number of carbonyl (C=O) groups is 1. The van der Waals surface area contributed by atoms with E-state index >= 15 is 0 Å². The standard InChI is InChI=1S/C8H9NO3S.ClH/c1-13(11,12)7-4-2-6(3-5-7)8(9)10;/h2-5H,1H3,(H2,9,10);1H. The van der Waals surface area contributed by atoms with Crippen molar-refractivity contribution in [2.45, 2.75) is 4.90 Å². The van der Waals surface area contributed by atoms with Gasteiger partial charge < -0.3 is 5.73 Å². The summed E-state index contributed by atoms with van der Waals surface area (Å²) in [6.45, 7) is 0. The fourth-order valence-electron chi connectivity index (χ4n) is 0.866. The van der Waals surface area contributed by atoms with Crippen LogP contribution in [0.3, 0.4) is 0 Å². The minimum Gasteiger partial charge on any atom is -0.366 e. The highest BCUT2D eigenvalue weighted by atomic mass is 35.5. The van der Waals surface area contributed by atoms with E-state index in [0.29, 0.717) is 5.56 Å². The van der Waals surface area contributed by atoms with E-state index in [2.05, 4.69) is 0 Å². The maximum absolute atomic E-state index is 11.0. The molecule has 0 aromatic heterocycles. The lowest BCUT2D eigenvalue weighted by Crippen LogP contribution is -2.10. The van der Waals surface area contributed by atoms with Gasteiger partial charge in [-0.3, -0.25) is 4.79 Å². The van der Waals surface area contributed by atoms with E-state index in [1.807, 2.05) is 0 Å². The van der Waals surface area contributed by atoms with E-state index < -0.39 is 15.7 Å². The lowest BCUT2D eigenvalue weighted by Gasteiger charge is -1.98. The Labute approximate surface area is 88.4 Å². The molecular formula is C8H10ClNO3S. The molecule has 4 nitrogen and oxygen atoms in total. The second kappa shape index (κ2) is 4.43. The summed E-state index contributed by atoms with van der Waals surface area (Å²) >= 11 is 0. The molecule has 6 heteroatoms. The van der Waals surface area contributed by atoms with Crippen molar-refractivity contribution in [2.24, 2.45) is 5.73 Å². The third-order valence-corrected chi connectivity index (χ3v) is 2.70. The molecular weight excluding hydrogens is 226 g/mol. The Morgan fingerprint density at radius 1 is 1.21 bits per heavy atom. The molecule has 0 saturated heterocycles. The van der Waals surface area contributed by atoms with Crippen molar-refractivity contribution in [3.63, 3.8) is 0 Å². The van der Waals surface area contributed by atoms with Gasteiger partial charge in [0, 0.05) is 11.8 Å². The monoisotopic (exact) mass is 235 g/mol. The van der Waals surface area contributed by atoms with Gasteiger partial charge in [0.15, 0.2) is 9.84 Å². The number of nitrogens with two attached hydrogens (primary N) is 1. The average Bonchev–Trinajstić information content (AvgIpc) is 2.03. The molecule has 14 heavy (non-hydrogen) atoms. The molecule has 1 aromatic rings. The van der Waals surface area contributed by atoms with Crippen LogP contribution in [0.1, 0.15) is 10.4 Å². The Balaban J connectivity index is 0.00000169. The maximum atomic E-state index is 11.0. The van der Waals surface area contributed by atoms with Gasteiger partial charge in [-0.15, -0.1) is 12.4 Å². The fourth-order valence-corrected chi connectivity index (χ4v) is 1.50. The lowest BCUT2D eigenvalue weighted by atomic mass is 10.2. The molecule has 0 fully saturated rings. The van der Waals surface area contributed by atoms with Gasteiger partial charge in [-0.2, -0.15) is 0 Å². The van der Waals surface area contributed by atoms with Crippen molar-refractivity contribution in [3.8, 4) is 0 Å². The third-order valence-electron chi connectivity index (χ3n) is 1.57. The molecule has 1 rings (SSSR count). The SMILES string of the molecule is CS(=O)(=O)c1ccc(C(N)=O)cc1.Cl. The first-order chi connectivity index (χ1) is 5.91. The van der Waals surface area contributed by atoms with Crippen LogP contribution in [0.4, 0.5) is 0 Å². The van der Waals surface area contributed by atoms with Crippen molar-refractivity contribution < 1.29 is 13.2 Å². The van der Waals surface area contributed by atoms with Crippen LogP contribution in [0, 0.1) is 0 Å². The summed E-state index contributed by atoms with van der Waals surface area (Å²) in [6, 6.07) is 5.49. The molecule has 0 heterocycles. The summed E-state index contributed by atoms with van der Waals surface area (Å²) in [6.07, 6.45) is 1.10. The number of amides is 1. The molecule has 1 aromatic carbocycles. The smallest absolute Gasteiger partial charge is 0.248 e. The number of sulfone groups is 1. The number of hydrogen-bond acceptors (Lipinski definition) is 3. The molecule has 0 aliphatic heterocycles. The van der Waals surface area contributed by atoms with Gasteiger partial charge in [0.25, 0.3) is 0 Å². The zero-order chi connectivity index (χ0) is 10.1. The number of benzene rings is 1. The highest BCUT2D eigenvalue weighted by Gasteiger charge is 2.07. The quantitative estimate of drug-likeness (QED) is 0.816. The minimum atomic E-state index is -3.20. The topological polar surface area (TPSA) is 77.2 Å². The molecule has 2 N–H and O–H groups in total. The summed E-state index contributed by atoms with van der Waals surface area (Å²) in [5.74, 6) is -0.569. The third kappa shape index (κ3) is 3.01. The average molecular weight is 236 g/mol. The van der Waals surface area contributed by atoms with E-state index in [9.17, 15) is 13.2 Å². The molecule has 0 aliphatic carbocycles. The lowest BCUT2D eigenvalue weighted by molar-refractivity contribution is 0.1000. The van der Waals surface area contributed by atoms with Crippen molar-refractivity contribution in [2.75, 3.05) is 6.26 Å². The number of rotatable bonds is 2. The van der Waals surface area contributed by atoms with Gasteiger partial charge in [-0.1, -0.05) is 0 Å². The van der Waals surface area contributed by atoms with E-state index in [-0.39, 0.29) is 17.3 Å². The fraction of sp³-hybridized carbons (Fsp3) is 0.125. The van der Waals surface area contributed by atoms with E-state index in [0.717, 1.165) is 6.26 Å². The van der Waals surface area contributed by atoms with Crippen LogP contribution >= 0.6 is 12.4 Å². The van der Waals surface area contributed by atoms with E-state index in [1.165, 1.54) is 24.3 Å². The molecule has 0 bridgehead atoms. The predicted octanol–water partition coefficient (Wildman–Crippen LogP) is 0.611. The van der Waals surface area contributed by atoms with Crippen LogP contribution in [0.2, 0.25) is 0 Å². The van der Waals surface area contributed by atoms with Gasteiger partial charge in [0.2, 0.25) is 5.91 Å². The molecule has 0 aliphatic rings. The molecule has 0 spiro atoms.